The van der Waals surface area contributed by atoms with Crippen LogP contribution in [0.1, 0.15) is 25.3 Å². The van der Waals surface area contributed by atoms with Crippen molar-refractivity contribution >= 4 is 21.9 Å². The van der Waals surface area contributed by atoms with Crippen molar-refractivity contribution in [2.75, 3.05) is 33.4 Å². The van der Waals surface area contributed by atoms with Gasteiger partial charge >= 0.3 is 0 Å². The molecule has 0 unspecified atom stereocenters. The van der Waals surface area contributed by atoms with Gasteiger partial charge in [-0.2, -0.15) is 0 Å². The Morgan fingerprint density at radius 1 is 1.09 bits per heavy atom. The van der Waals surface area contributed by atoms with Crippen LogP contribution in [0.2, 0.25) is 0 Å². The van der Waals surface area contributed by atoms with Crippen molar-refractivity contribution in [3.63, 3.8) is 0 Å². The number of pyridine rings is 1. The molecule has 2 aromatic heterocycles. The molecule has 5 nitrogen and oxygen atoms in total. The number of benzene rings is 2. The number of piperidine rings is 1. The fourth-order valence-electron chi connectivity index (χ4n) is 4.68. The number of aromatic amines is 1. The van der Waals surface area contributed by atoms with Gasteiger partial charge in [-0.3, -0.25) is 0 Å². The fraction of sp³-hybridized carbons (Fsp3) is 0.370. The molecule has 1 fully saturated rings. The number of rotatable bonds is 6. The Morgan fingerprint density at radius 3 is 2.75 bits per heavy atom. The Morgan fingerprint density at radius 2 is 1.94 bits per heavy atom. The summed E-state index contributed by atoms with van der Waals surface area (Å²) in [6.45, 7) is 7.79. The molecule has 1 aliphatic rings. The highest BCUT2D eigenvalue weighted by atomic mass is 16.5. The van der Waals surface area contributed by atoms with Crippen molar-refractivity contribution in [1.29, 1.82) is 0 Å². The molecule has 0 bridgehead atoms. The summed E-state index contributed by atoms with van der Waals surface area (Å²) in [5.41, 5.74) is 5.34. The Labute approximate surface area is 189 Å². The van der Waals surface area contributed by atoms with E-state index < -0.39 is 0 Å². The highest BCUT2D eigenvalue weighted by Gasteiger charge is 2.20. The number of likely N-dealkylation sites (tertiary alicyclic amines) is 1. The van der Waals surface area contributed by atoms with Gasteiger partial charge in [0, 0.05) is 17.0 Å². The van der Waals surface area contributed by atoms with E-state index in [0.29, 0.717) is 12.5 Å². The van der Waals surface area contributed by atoms with E-state index in [1.54, 1.807) is 0 Å². The monoisotopic (exact) mass is 429 g/mol. The maximum Gasteiger partial charge on any atom is 0.143 e. The molecule has 32 heavy (non-hydrogen) atoms. The smallest absolute Gasteiger partial charge is 0.143 e. The molecule has 2 aromatic carbocycles. The lowest BCUT2D eigenvalue weighted by atomic mass is 9.98. The summed E-state index contributed by atoms with van der Waals surface area (Å²) in [5.74, 6) is 2.39. The molecule has 0 aliphatic carbocycles. The molecule has 0 spiro atoms. The number of aromatic nitrogens is 2. The normalized spacial score (nSPS) is 15.5. The molecule has 0 atom stereocenters. The molecule has 1 aliphatic heterocycles. The number of fused-ring (bicyclic) bond motifs is 3. The van der Waals surface area contributed by atoms with Gasteiger partial charge in [-0.15, -0.1) is 0 Å². The van der Waals surface area contributed by atoms with E-state index in [2.05, 4.69) is 65.2 Å². The van der Waals surface area contributed by atoms with Gasteiger partial charge in [0.2, 0.25) is 0 Å². The van der Waals surface area contributed by atoms with E-state index in [4.69, 9.17) is 9.47 Å². The van der Waals surface area contributed by atoms with E-state index in [9.17, 15) is 0 Å². The zero-order valence-corrected chi connectivity index (χ0v) is 19.1. The number of H-pyrrole nitrogens is 1. The van der Waals surface area contributed by atoms with Crippen LogP contribution in [-0.4, -0.2) is 48.2 Å². The maximum absolute atomic E-state index is 6.40. The third kappa shape index (κ3) is 4.05. The van der Waals surface area contributed by atoms with Crippen LogP contribution in [0.15, 0.2) is 48.7 Å². The third-order valence-corrected chi connectivity index (χ3v) is 6.47. The highest BCUT2D eigenvalue weighted by molar-refractivity contribution is 6.15. The molecule has 0 radical (unpaired) electrons. The van der Waals surface area contributed by atoms with Crippen molar-refractivity contribution in [3.05, 3.63) is 54.2 Å². The molecule has 3 heterocycles. The molecule has 0 saturated carbocycles. The van der Waals surface area contributed by atoms with Gasteiger partial charge in [-0.1, -0.05) is 12.1 Å². The predicted molar refractivity (Wildman–Crippen MR) is 131 cm³/mol. The van der Waals surface area contributed by atoms with Crippen LogP contribution in [0.3, 0.4) is 0 Å². The molecular formula is C27H31N3O2. The molecular weight excluding hydrogens is 398 g/mol. The van der Waals surface area contributed by atoms with Gasteiger partial charge in [0.1, 0.15) is 17.1 Å². The second-order valence-corrected chi connectivity index (χ2v) is 8.91. The molecule has 1 saturated heterocycles. The lowest BCUT2D eigenvalue weighted by Crippen LogP contribution is -2.32. The van der Waals surface area contributed by atoms with Crippen LogP contribution in [0.4, 0.5) is 0 Å². The number of hydrogen-bond acceptors (Lipinski definition) is 4. The summed E-state index contributed by atoms with van der Waals surface area (Å²) in [6.07, 6.45) is 4.29. The molecule has 0 amide bonds. The van der Waals surface area contributed by atoms with Crippen molar-refractivity contribution in [2.24, 2.45) is 5.92 Å². The number of hydrogen-bond donors (Lipinski definition) is 1. The average Bonchev–Trinajstić information content (AvgIpc) is 3.18. The summed E-state index contributed by atoms with van der Waals surface area (Å²) in [6, 6.07) is 14.8. The zero-order chi connectivity index (χ0) is 22.1. The number of nitrogens with zero attached hydrogens (tertiary/aromatic N) is 2. The van der Waals surface area contributed by atoms with Gasteiger partial charge in [-0.25, -0.2) is 4.98 Å². The first kappa shape index (κ1) is 20.8. The number of aryl methyl sites for hydroxylation is 1. The minimum atomic E-state index is 0.605. The molecule has 1 N–H and O–H groups in total. The van der Waals surface area contributed by atoms with Crippen molar-refractivity contribution in [2.45, 2.75) is 26.7 Å². The van der Waals surface area contributed by atoms with Crippen molar-refractivity contribution in [1.82, 2.24) is 14.9 Å². The van der Waals surface area contributed by atoms with Crippen LogP contribution in [0.5, 0.6) is 11.5 Å². The van der Waals surface area contributed by atoms with E-state index in [1.807, 2.05) is 19.2 Å². The number of ether oxygens (including phenoxy) is 2. The van der Waals surface area contributed by atoms with Crippen LogP contribution >= 0.6 is 0 Å². The predicted octanol–water partition coefficient (Wildman–Crippen LogP) is 5.81. The van der Waals surface area contributed by atoms with Crippen LogP contribution < -0.4 is 9.47 Å². The first-order chi connectivity index (χ1) is 15.6. The number of nitrogens with one attached hydrogen (secondary N) is 1. The molecule has 166 valence electrons. The average molecular weight is 430 g/mol. The quantitative estimate of drug-likeness (QED) is 0.420. The Bertz CT molecular complexity index is 1240. The standard InChI is InChI=1S/C27H31N3O2/c1-4-31-21-7-5-6-20(15-21)22-8-9-24(32-17-19-10-12-30(3)13-11-19)26-25(22)23-14-18(2)16-28-27(23)29-26/h5-9,14-16,19H,4,10-13,17H2,1-3H3,(H,28,29). The molecule has 5 heteroatoms. The topological polar surface area (TPSA) is 50.4 Å². The summed E-state index contributed by atoms with van der Waals surface area (Å²) < 4.78 is 12.2. The molecule has 5 rings (SSSR count). The van der Waals surface area contributed by atoms with Crippen molar-refractivity contribution in [3.8, 4) is 22.6 Å². The first-order valence-corrected chi connectivity index (χ1v) is 11.6. The van der Waals surface area contributed by atoms with E-state index in [-0.39, 0.29) is 0 Å². The minimum Gasteiger partial charge on any atom is -0.494 e. The van der Waals surface area contributed by atoms with Gasteiger partial charge in [0.25, 0.3) is 0 Å². The largest absolute Gasteiger partial charge is 0.494 e. The third-order valence-electron chi connectivity index (χ3n) is 6.47. The lowest BCUT2D eigenvalue weighted by molar-refractivity contribution is 0.161. The Kier molecular flexibility index (Phi) is 5.75. The highest BCUT2D eigenvalue weighted by Crippen LogP contribution is 2.40. The second-order valence-electron chi connectivity index (χ2n) is 8.91. The Hall–Kier alpha value is -3.05. The minimum absolute atomic E-state index is 0.605. The summed E-state index contributed by atoms with van der Waals surface area (Å²) >= 11 is 0. The Balaban J connectivity index is 1.58. The maximum atomic E-state index is 6.40. The molecule has 4 aromatic rings. The van der Waals surface area contributed by atoms with Gasteiger partial charge in [0.05, 0.1) is 18.7 Å². The van der Waals surface area contributed by atoms with Crippen LogP contribution in [-0.2, 0) is 0 Å². The zero-order valence-electron chi connectivity index (χ0n) is 19.1. The summed E-state index contributed by atoms with van der Waals surface area (Å²) in [7, 11) is 2.19. The lowest BCUT2D eigenvalue weighted by Gasteiger charge is -2.28. The summed E-state index contributed by atoms with van der Waals surface area (Å²) in [4.78, 5) is 10.6. The van der Waals surface area contributed by atoms with E-state index in [1.165, 1.54) is 12.8 Å². The van der Waals surface area contributed by atoms with E-state index in [0.717, 1.165) is 69.8 Å². The van der Waals surface area contributed by atoms with Gasteiger partial charge in [0.15, 0.2) is 0 Å². The van der Waals surface area contributed by atoms with Crippen LogP contribution in [0.25, 0.3) is 33.1 Å². The van der Waals surface area contributed by atoms with Gasteiger partial charge in [-0.05, 0) is 99.8 Å². The fourth-order valence-corrected chi connectivity index (χ4v) is 4.68. The SMILES string of the molecule is CCOc1cccc(-c2ccc(OCC3CCN(C)CC3)c3[nH]c4ncc(C)cc4c23)c1. The van der Waals surface area contributed by atoms with Gasteiger partial charge < -0.3 is 19.4 Å². The summed E-state index contributed by atoms with van der Waals surface area (Å²) in [5, 5.41) is 2.28. The first-order valence-electron chi connectivity index (χ1n) is 11.6. The second kappa shape index (κ2) is 8.83. The van der Waals surface area contributed by atoms with E-state index >= 15 is 0 Å². The van der Waals surface area contributed by atoms with Crippen LogP contribution in [0, 0.1) is 12.8 Å². The van der Waals surface area contributed by atoms with Crippen molar-refractivity contribution < 1.29 is 9.47 Å².